The molecule has 0 aliphatic carbocycles. The highest BCUT2D eigenvalue weighted by atomic mass is 35.5. The van der Waals surface area contributed by atoms with E-state index in [9.17, 15) is 0 Å². The first-order valence-corrected chi connectivity index (χ1v) is 8.60. The third kappa shape index (κ3) is 6.38. The van der Waals surface area contributed by atoms with Gasteiger partial charge in [-0.15, -0.1) is 0 Å². The molecule has 0 atom stereocenters. The normalized spacial score (nSPS) is 10.1. The lowest BCUT2D eigenvalue weighted by molar-refractivity contribution is 0.990. The van der Waals surface area contributed by atoms with Crippen LogP contribution in [0.1, 0.15) is 5.56 Å². The number of rotatable bonds is 6. The van der Waals surface area contributed by atoms with Gasteiger partial charge in [0.25, 0.3) is 0 Å². The summed E-state index contributed by atoms with van der Waals surface area (Å²) in [4.78, 5) is 0. The maximum Gasteiger partial charge on any atom is 0.170 e. The summed E-state index contributed by atoms with van der Waals surface area (Å²) >= 11 is 13.0. The first-order chi connectivity index (χ1) is 10.2. The topological polar surface area (TPSA) is 24.1 Å². The summed E-state index contributed by atoms with van der Waals surface area (Å²) in [5.74, 6) is 2.04. The van der Waals surface area contributed by atoms with Crippen LogP contribution in [-0.4, -0.2) is 17.4 Å². The fraction of sp³-hybridized carbons (Fsp3) is 0.188. The van der Waals surface area contributed by atoms with Crippen molar-refractivity contribution in [3.63, 3.8) is 0 Å². The largest absolute Gasteiger partial charge is 0.362 e. The molecule has 0 saturated carbocycles. The van der Waals surface area contributed by atoms with Gasteiger partial charge in [0.05, 0.1) is 0 Å². The highest BCUT2D eigenvalue weighted by Gasteiger charge is 1.98. The van der Waals surface area contributed by atoms with Gasteiger partial charge in [0, 0.05) is 28.8 Å². The number of anilines is 1. The number of benzene rings is 2. The van der Waals surface area contributed by atoms with Crippen LogP contribution in [-0.2, 0) is 5.75 Å². The van der Waals surface area contributed by atoms with Gasteiger partial charge in [0.15, 0.2) is 5.11 Å². The molecule has 0 bridgehead atoms. The Morgan fingerprint density at radius 2 is 1.76 bits per heavy atom. The Labute approximate surface area is 140 Å². The van der Waals surface area contributed by atoms with Gasteiger partial charge in [-0.1, -0.05) is 41.9 Å². The van der Waals surface area contributed by atoms with E-state index in [0.29, 0.717) is 5.11 Å². The van der Waals surface area contributed by atoms with Gasteiger partial charge in [0.2, 0.25) is 0 Å². The van der Waals surface area contributed by atoms with Gasteiger partial charge in [0.1, 0.15) is 0 Å². The Kier molecular flexibility index (Phi) is 6.86. The molecule has 0 heterocycles. The second kappa shape index (κ2) is 8.93. The van der Waals surface area contributed by atoms with Gasteiger partial charge >= 0.3 is 0 Å². The molecule has 2 N–H and O–H groups in total. The molecule has 0 radical (unpaired) electrons. The van der Waals surface area contributed by atoms with E-state index in [1.807, 2.05) is 42.1 Å². The van der Waals surface area contributed by atoms with Crippen LogP contribution in [0.25, 0.3) is 0 Å². The van der Waals surface area contributed by atoms with Crippen molar-refractivity contribution >= 4 is 46.4 Å². The second-order valence-corrected chi connectivity index (χ2v) is 6.38. The quantitative estimate of drug-likeness (QED) is 0.596. The standard InChI is InChI=1S/C16H17ClN2S2/c17-14-6-8-15(9-7-14)19-16(20)18-10-11-21-12-13-4-2-1-3-5-13/h1-9H,10-12H2,(H2,18,19,20). The molecule has 110 valence electrons. The summed E-state index contributed by atoms with van der Waals surface area (Å²) in [5, 5.41) is 7.68. The van der Waals surface area contributed by atoms with Crippen molar-refractivity contribution in [1.29, 1.82) is 0 Å². The van der Waals surface area contributed by atoms with E-state index in [1.165, 1.54) is 5.56 Å². The Balaban J connectivity index is 1.60. The zero-order valence-corrected chi connectivity index (χ0v) is 13.9. The van der Waals surface area contributed by atoms with E-state index in [-0.39, 0.29) is 0 Å². The molecule has 0 spiro atoms. The predicted molar refractivity (Wildman–Crippen MR) is 98.3 cm³/mol. The minimum atomic E-state index is 0.637. The predicted octanol–water partition coefficient (Wildman–Crippen LogP) is 4.56. The fourth-order valence-electron chi connectivity index (χ4n) is 1.71. The second-order valence-electron chi connectivity index (χ2n) is 4.43. The molecule has 0 aliphatic rings. The Hall–Kier alpha value is -1.23. The zero-order chi connectivity index (χ0) is 14.9. The average Bonchev–Trinajstić information content (AvgIpc) is 2.50. The van der Waals surface area contributed by atoms with Crippen molar-refractivity contribution in [3.8, 4) is 0 Å². The lowest BCUT2D eigenvalue weighted by Crippen LogP contribution is -2.30. The van der Waals surface area contributed by atoms with Crippen molar-refractivity contribution in [3.05, 3.63) is 65.2 Å². The third-order valence-corrected chi connectivity index (χ3v) is 4.27. The van der Waals surface area contributed by atoms with Crippen LogP contribution in [0.5, 0.6) is 0 Å². The number of nitrogens with one attached hydrogen (secondary N) is 2. The molecule has 0 aromatic heterocycles. The van der Waals surface area contributed by atoms with Crippen LogP contribution < -0.4 is 10.6 Å². The average molecular weight is 337 g/mol. The Morgan fingerprint density at radius 3 is 2.48 bits per heavy atom. The third-order valence-electron chi connectivity index (χ3n) is 2.75. The van der Waals surface area contributed by atoms with Gasteiger partial charge in [-0.05, 0) is 42.0 Å². The van der Waals surface area contributed by atoms with Gasteiger partial charge in [-0.3, -0.25) is 0 Å². The molecular formula is C16H17ClN2S2. The fourth-order valence-corrected chi connectivity index (χ4v) is 2.87. The van der Waals surface area contributed by atoms with Gasteiger partial charge in [-0.25, -0.2) is 0 Å². The number of thioether (sulfide) groups is 1. The highest BCUT2D eigenvalue weighted by Crippen LogP contribution is 2.13. The van der Waals surface area contributed by atoms with Gasteiger partial charge in [-0.2, -0.15) is 11.8 Å². The SMILES string of the molecule is S=C(NCCSCc1ccccc1)Nc1ccc(Cl)cc1. The van der Waals surface area contributed by atoms with Crippen LogP contribution in [0.3, 0.4) is 0 Å². The minimum Gasteiger partial charge on any atom is -0.362 e. The number of thiocarbonyl (C=S) groups is 1. The molecule has 5 heteroatoms. The molecule has 0 unspecified atom stereocenters. The summed E-state index contributed by atoms with van der Waals surface area (Å²) in [5.41, 5.74) is 2.29. The smallest absolute Gasteiger partial charge is 0.170 e. The summed E-state index contributed by atoms with van der Waals surface area (Å²) in [6.07, 6.45) is 0. The Bertz CT molecular complexity index is 558. The summed E-state index contributed by atoms with van der Waals surface area (Å²) in [6.45, 7) is 0.844. The maximum absolute atomic E-state index is 5.84. The molecule has 0 amide bonds. The van der Waals surface area contributed by atoms with Crippen molar-refractivity contribution in [2.24, 2.45) is 0 Å². The van der Waals surface area contributed by atoms with E-state index < -0.39 is 0 Å². The monoisotopic (exact) mass is 336 g/mol. The van der Waals surface area contributed by atoms with Crippen molar-refractivity contribution in [2.75, 3.05) is 17.6 Å². The van der Waals surface area contributed by atoms with Crippen LogP contribution in [0, 0.1) is 0 Å². The molecule has 21 heavy (non-hydrogen) atoms. The summed E-state index contributed by atoms with van der Waals surface area (Å²) in [7, 11) is 0. The molecule has 0 saturated heterocycles. The van der Waals surface area contributed by atoms with E-state index in [2.05, 4.69) is 34.9 Å². The van der Waals surface area contributed by atoms with Crippen molar-refractivity contribution in [2.45, 2.75) is 5.75 Å². The number of hydrogen-bond acceptors (Lipinski definition) is 2. The minimum absolute atomic E-state index is 0.637. The zero-order valence-electron chi connectivity index (χ0n) is 11.5. The first kappa shape index (κ1) is 16.1. The molecule has 2 nitrogen and oxygen atoms in total. The van der Waals surface area contributed by atoms with Crippen molar-refractivity contribution < 1.29 is 0 Å². The lowest BCUT2D eigenvalue weighted by Gasteiger charge is -2.10. The van der Waals surface area contributed by atoms with Crippen LogP contribution in [0.4, 0.5) is 5.69 Å². The molecule has 2 aromatic carbocycles. The molecule has 2 aromatic rings. The van der Waals surface area contributed by atoms with E-state index in [0.717, 1.165) is 28.8 Å². The van der Waals surface area contributed by atoms with Crippen LogP contribution in [0.2, 0.25) is 5.02 Å². The van der Waals surface area contributed by atoms with E-state index in [1.54, 1.807) is 0 Å². The Morgan fingerprint density at radius 1 is 1.05 bits per heavy atom. The van der Waals surface area contributed by atoms with E-state index >= 15 is 0 Å². The van der Waals surface area contributed by atoms with Crippen LogP contribution >= 0.6 is 35.6 Å². The molecule has 0 aliphatic heterocycles. The van der Waals surface area contributed by atoms with E-state index in [4.69, 9.17) is 23.8 Å². The molecular weight excluding hydrogens is 320 g/mol. The lowest BCUT2D eigenvalue weighted by atomic mass is 10.2. The molecule has 0 fully saturated rings. The highest BCUT2D eigenvalue weighted by molar-refractivity contribution is 7.98. The van der Waals surface area contributed by atoms with Gasteiger partial charge < -0.3 is 10.6 Å². The van der Waals surface area contributed by atoms with Crippen LogP contribution in [0.15, 0.2) is 54.6 Å². The van der Waals surface area contributed by atoms with Crippen molar-refractivity contribution in [1.82, 2.24) is 5.32 Å². The number of hydrogen-bond donors (Lipinski definition) is 2. The first-order valence-electron chi connectivity index (χ1n) is 6.66. The molecule has 2 rings (SSSR count). The summed E-state index contributed by atoms with van der Waals surface area (Å²) < 4.78 is 0. The number of halogens is 1. The summed E-state index contributed by atoms with van der Waals surface area (Å²) in [6, 6.07) is 17.9. The maximum atomic E-state index is 5.84.